The Hall–Kier alpha value is -0.540. The Balaban J connectivity index is 1.99. The van der Waals surface area contributed by atoms with E-state index in [1.165, 1.54) is 50.8 Å². The van der Waals surface area contributed by atoms with Crippen LogP contribution in [0.4, 0.5) is 0 Å². The van der Waals surface area contributed by atoms with Crippen LogP contribution in [-0.2, 0) is 6.54 Å². The molecule has 3 heteroatoms. The minimum Gasteiger partial charge on any atom is -0.297 e. The van der Waals surface area contributed by atoms with Gasteiger partial charge in [-0.2, -0.15) is 12.6 Å². The fourth-order valence-electron chi connectivity index (χ4n) is 3.32. The lowest BCUT2D eigenvalue weighted by atomic mass is 9.81. The molecule has 0 radical (unpaired) electrons. The van der Waals surface area contributed by atoms with E-state index >= 15 is 0 Å². The van der Waals surface area contributed by atoms with Gasteiger partial charge in [-0.15, -0.1) is 0 Å². The van der Waals surface area contributed by atoms with Crippen LogP contribution in [0.15, 0.2) is 24.4 Å². The van der Waals surface area contributed by atoms with Crippen LogP contribution in [0.1, 0.15) is 51.1 Å². The highest BCUT2D eigenvalue weighted by Crippen LogP contribution is 2.37. The zero-order valence-corrected chi connectivity index (χ0v) is 13.6. The van der Waals surface area contributed by atoms with Crippen molar-refractivity contribution in [3.63, 3.8) is 0 Å². The Morgan fingerprint density at radius 2 is 1.95 bits per heavy atom. The summed E-state index contributed by atoms with van der Waals surface area (Å²) >= 11 is 4.69. The van der Waals surface area contributed by atoms with Crippen molar-refractivity contribution >= 4 is 12.6 Å². The van der Waals surface area contributed by atoms with Crippen LogP contribution in [0.25, 0.3) is 0 Å². The molecule has 0 unspecified atom stereocenters. The largest absolute Gasteiger partial charge is 0.297 e. The molecule has 0 N–H and O–H groups in total. The number of hydrogen-bond acceptors (Lipinski definition) is 3. The first-order valence-electron chi connectivity index (χ1n) is 8.01. The molecule has 0 atom stereocenters. The van der Waals surface area contributed by atoms with Crippen LogP contribution in [0.3, 0.4) is 0 Å². The van der Waals surface area contributed by atoms with Crippen molar-refractivity contribution in [2.75, 3.05) is 18.8 Å². The molecule has 1 aliphatic rings. The summed E-state index contributed by atoms with van der Waals surface area (Å²) in [5, 5.41) is 0. The second kappa shape index (κ2) is 8.04. The summed E-state index contributed by atoms with van der Waals surface area (Å²) in [4.78, 5) is 7.01. The van der Waals surface area contributed by atoms with Gasteiger partial charge in [-0.25, -0.2) is 0 Å². The van der Waals surface area contributed by atoms with Crippen molar-refractivity contribution in [2.24, 2.45) is 5.41 Å². The van der Waals surface area contributed by atoms with Gasteiger partial charge in [0, 0.05) is 19.3 Å². The van der Waals surface area contributed by atoms with Gasteiger partial charge in [-0.05, 0) is 42.7 Å². The molecule has 1 aromatic rings. The van der Waals surface area contributed by atoms with Crippen molar-refractivity contribution in [1.82, 2.24) is 9.88 Å². The fraction of sp³-hybridized carbons (Fsp3) is 0.706. The van der Waals surface area contributed by atoms with Gasteiger partial charge in [0.1, 0.15) is 0 Å². The summed E-state index contributed by atoms with van der Waals surface area (Å²) in [6, 6.07) is 6.19. The standard InChI is InChI=1S/C17H28N2S/c1-2-19(13-16-9-5-8-12-18-16)14-17(15-20)10-6-3-4-7-11-17/h5,8-9,12,20H,2-4,6-7,10-11,13-15H2,1H3. The zero-order valence-electron chi connectivity index (χ0n) is 12.7. The van der Waals surface area contributed by atoms with Gasteiger partial charge >= 0.3 is 0 Å². The van der Waals surface area contributed by atoms with Crippen molar-refractivity contribution in [1.29, 1.82) is 0 Å². The number of aromatic nitrogens is 1. The third-order valence-electron chi connectivity index (χ3n) is 4.62. The van der Waals surface area contributed by atoms with E-state index in [0.717, 1.165) is 18.8 Å². The minimum absolute atomic E-state index is 0.421. The lowest BCUT2D eigenvalue weighted by Crippen LogP contribution is -2.38. The zero-order chi connectivity index (χ0) is 14.3. The Kier molecular flexibility index (Phi) is 6.37. The number of thiol groups is 1. The highest BCUT2D eigenvalue weighted by Gasteiger charge is 2.31. The second-order valence-corrected chi connectivity index (χ2v) is 6.51. The van der Waals surface area contributed by atoms with Gasteiger partial charge in [0.2, 0.25) is 0 Å². The molecule has 20 heavy (non-hydrogen) atoms. The molecule has 0 spiro atoms. The lowest BCUT2D eigenvalue weighted by Gasteiger charge is -2.36. The number of nitrogens with zero attached hydrogens (tertiary/aromatic N) is 2. The van der Waals surface area contributed by atoms with Gasteiger partial charge in [0.05, 0.1) is 5.69 Å². The highest BCUT2D eigenvalue weighted by molar-refractivity contribution is 7.80. The molecule has 0 saturated heterocycles. The molecule has 2 nitrogen and oxygen atoms in total. The van der Waals surface area contributed by atoms with E-state index in [-0.39, 0.29) is 0 Å². The minimum atomic E-state index is 0.421. The van der Waals surface area contributed by atoms with Crippen molar-refractivity contribution in [3.05, 3.63) is 30.1 Å². The quantitative estimate of drug-likeness (QED) is 0.625. The second-order valence-electron chi connectivity index (χ2n) is 6.20. The molecule has 112 valence electrons. The highest BCUT2D eigenvalue weighted by atomic mass is 32.1. The molecule has 1 saturated carbocycles. The molecule has 1 heterocycles. The summed E-state index contributed by atoms with van der Waals surface area (Å²) < 4.78 is 0. The Labute approximate surface area is 129 Å². The first kappa shape index (κ1) is 15.8. The van der Waals surface area contributed by atoms with Gasteiger partial charge in [-0.3, -0.25) is 9.88 Å². The van der Waals surface area contributed by atoms with Gasteiger partial charge in [0.25, 0.3) is 0 Å². The van der Waals surface area contributed by atoms with E-state index in [1.807, 2.05) is 12.3 Å². The predicted octanol–water partition coefficient (Wildman–Crippen LogP) is 4.17. The molecule has 0 aromatic carbocycles. The maximum absolute atomic E-state index is 4.69. The van der Waals surface area contributed by atoms with Gasteiger partial charge < -0.3 is 0 Å². The van der Waals surface area contributed by atoms with Crippen molar-refractivity contribution in [2.45, 2.75) is 52.0 Å². The van der Waals surface area contributed by atoms with Crippen LogP contribution in [-0.4, -0.2) is 28.7 Å². The van der Waals surface area contributed by atoms with Gasteiger partial charge in [-0.1, -0.05) is 38.7 Å². The Morgan fingerprint density at radius 3 is 2.50 bits per heavy atom. The molecule has 2 rings (SSSR count). The van der Waals surface area contributed by atoms with E-state index in [0.29, 0.717) is 5.41 Å². The molecule has 0 amide bonds. The smallest absolute Gasteiger partial charge is 0.0543 e. The van der Waals surface area contributed by atoms with Gasteiger partial charge in [0.15, 0.2) is 0 Å². The summed E-state index contributed by atoms with van der Waals surface area (Å²) in [6.07, 6.45) is 10.1. The summed E-state index contributed by atoms with van der Waals surface area (Å²) in [5.41, 5.74) is 1.60. The average Bonchev–Trinajstić information content (AvgIpc) is 2.74. The van der Waals surface area contributed by atoms with Crippen LogP contribution in [0.2, 0.25) is 0 Å². The maximum atomic E-state index is 4.69. The van der Waals surface area contributed by atoms with Crippen LogP contribution < -0.4 is 0 Å². The Morgan fingerprint density at radius 1 is 1.20 bits per heavy atom. The third kappa shape index (κ3) is 4.49. The fourth-order valence-corrected chi connectivity index (χ4v) is 3.74. The van der Waals surface area contributed by atoms with Crippen molar-refractivity contribution < 1.29 is 0 Å². The number of rotatable bonds is 6. The molecule has 0 bridgehead atoms. The molecular weight excluding hydrogens is 264 g/mol. The summed E-state index contributed by atoms with van der Waals surface area (Å²) in [5.74, 6) is 1.02. The van der Waals surface area contributed by atoms with E-state index in [4.69, 9.17) is 12.6 Å². The van der Waals surface area contributed by atoms with Crippen LogP contribution in [0, 0.1) is 5.41 Å². The molecule has 1 fully saturated rings. The third-order valence-corrected chi connectivity index (χ3v) is 5.29. The SMILES string of the molecule is CCN(Cc1ccccn1)CC1(CS)CCCCCC1. The number of pyridine rings is 1. The lowest BCUT2D eigenvalue weighted by molar-refractivity contribution is 0.149. The maximum Gasteiger partial charge on any atom is 0.0543 e. The average molecular weight is 292 g/mol. The molecule has 1 aliphatic carbocycles. The normalized spacial score (nSPS) is 18.9. The topological polar surface area (TPSA) is 16.1 Å². The van der Waals surface area contributed by atoms with Crippen molar-refractivity contribution in [3.8, 4) is 0 Å². The first-order valence-corrected chi connectivity index (χ1v) is 8.64. The first-order chi connectivity index (χ1) is 9.78. The Bertz CT molecular complexity index is 372. The summed E-state index contributed by atoms with van der Waals surface area (Å²) in [6.45, 7) is 5.48. The van der Waals surface area contributed by atoms with E-state index < -0.39 is 0 Å². The monoisotopic (exact) mass is 292 g/mol. The van der Waals surface area contributed by atoms with Crippen LogP contribution in [0.5, 0.6) is 0 Å². The van der Waals surface area contributed by atoms with E-state index in [1.54, 1.807) is 0 Å². The van der Waals surface area contributed by atoms with Crippen LogP contribution >= 0.6 is 12.6 Å². The van der Waals surface area contributed by atoms with E-state index in [9.17, 15) is 0 Å². The molecule has 1 aromatic heterocycles. The number of hydrogen-bond donors (Lipinski definition) is 1. The van der Waals surface area contributed by atoms with E-state index in [2.05, 4.69) is 28.9 Å². The summed E-state index contributed by atoms with van der Waals surface area (Å²) in [7, 11) is 0. The molecular formula is C17H28N2S. The predicted molar refractivity (Wildman–Crippen MR) is 89.2 cm³/mol. The molecule has 0 aliphatic heterocycles.